The zero-order valence-electron chi connectivity index (χ0n) is 16.9. The number of aryl methyl sites for hydroxylation is 2. The molecule has 2 aromatic carbocycles. The van der Waals surface area contributed by atoms with Crippen LogP contribution >= 0.6 is 11.8 Å². The monoisotopic (exact) mass is 404 g/mol. The van der Waals surface area contributed by atoms with Crippen LogP contribution in [-0.2, 0) is 9.53 Å². The van der Waals surface area contributed by atoms with Crippen molar-refractivity contribution >= 4 is 17.7 Å². The second kappa shape index (κ2) is 8.29. The summed E-state index contributed by atoms with van der Waals surface area (Å²) in [6.07, 6.45) is 2.22. The lowest BCUT2D eigenvalue weighted by molar-refractivity contribution is -0.143. The van der Waals surface area contributed by atoms with Crippen LogP contribution in [0.15, 0.2) is 65.3 Å². The number of carbonyl (C=O) groups is 1. The molecule has 4 rings (SSSR count). The van der Waals surface area contributed by atoms with Gasteiger partial charge < -0.3 is 9.72 Å². The van der Waals surface area contributed by atoms with E-state index in [1.54, 1.807) is 17.8 Å². The highest BCUT2D eigenvalue weighted by Crippen LogP contribution is 2.34. The van der Waals surface area contributed by atoms with Crippen LogP contribution in [0.25, 0.3) is 22.5 Å². The zero-order valence-corrected chi connectivity index (χ0v) is 17.7. The summed E-state index contributed by atoms with van der Waals surface area (Å²) < 4.78 is 5.43. The molecule has 0 fully saturated rings. The molecule has 1 aromatic heterocycles. The Morgan fingerprint density at radius 2 is 1.62 bits per heavy atom. The zero-order chi connectivity index (χ0) is 20.4. The topological polar surface area (TPSA) is 55.0 Å². The van der Waals surface area contributed by atoms with Crippen molar-refractivity contribution in [2.45, 2.75) is 38.5 Å². The average molecular weight is 405 g/mol. The molecule has 2 heterocycles. The molecule has 0 aliphatic carbocycles. The van der Waals surface area contributed by atoms with Crippen molar-refractivity contribution in [3.05, 3.63) is 71.3 Å². The highest BCUT2D eigenvalue weighted by Gasteiger charge is 2.21. The first kappa shape index (κ1) is 19.5. The van der Waals surface area contributed by atoms with Crippen molar-refractivity contribution in [3.8, 4) is 22.5 Å². The van der Waals surface area contributed by atoms with E-state index in [-0.39, 0.29) is 12.1 Å². The molecule has 1 aliphatic heterocycles. The Morgan fingerprint density at radius 3 is 2.24 bits per heavy atom. The summed E-state index contributed by atoms with van der Waals surface area (Å²) >= 11 is 1.59. The Balaban J connectivity index is 1.62. The van der Waals surface area contributed by atoms with E-state index in [0.717, 1.165) is 39.7 Å². The van der Waals surface area contributed by atoms with Crippen molar-refractivity contribution in [2.24, 2.45) is 0 Å². The fourth-order valence-corrected chi connectivity index (χ4v) is 4.25. The molecule has 1 N–H and O–H groups in total. The van der Waals surface area contributed by atoms with E-state index in [4.69, 9.17) is 9.72 Å². The van der Waals surface area contributed by atoms with Gasteiger partial charge in [-0.1, -0.05) is 77.0 Å². The molecule has 0 bridgehead atoms. The molecular formula is C24H24N2O2S. The third-order valence-electron chi connectivity index (χ3n) is 4.95. The number of thioether (sulfide) groups is 1. The summed E-state index contributed by atoms with van der Waals surface area (Å²) in [5.41, 5.74) is 7.64. The van der Waals surface area contributed by atoms with Gasteiger partial charge in [0.2, 0.25) is 0 Å². The van der Waals surface area contributed by atoms with Gasteiger partial charge in [-0.15, -0.1) is 0 Å². The van der Waals surface area contributed by atoms with Crippen molar-refractivity contribution < 1.29 is 9.53 Å². The van der Waals surface area contributed by atoms with Crippen molar-refractivity contribution in [1.82, 2.24) is 9.97 Å². The molecule has 0 unspecified atom stereocenters. The predicted octanol–water partition coefficient (Wildman–Crippen LogP) is 5.71. The fourth-order valence-electron chi connectivity index (χ4n) is 3.39. The third kappa shape index (κ3) is 4.62. The highest BCUT2D eigenvalue weighted by atomic mass is 32.2. The lowest BCUT2D eigenvalue weighted by Gasteiger charge is -2.20. The Morgan fingerprint density at radius 1 is 1.00 bits per heavy atom. The predicted molar refractivity (Wildman–Crippen MR) is 118 cm³/mol. The number of benzene rings is 2. The van der Waals surface area contributed by atoms with Gasteiger partial charge in [-0.2, -0.15) is 0 Å². The third-order valence-corrected chi connectivity index (χ3v) is 5.96. The molecule has 0 radical (unpaired) electrons. The van der Waals surface area contributed by atoms with Crippen molar-refractivity contribution in [1.29, 1.82) is 0 Å². The van der Waals surface area contributed by atoms with E-state index in [1.807, 2.05) is 6.92 Å². The van der Waals surface area contributed by atoms with E-state index in [1.165, 1.54) is 11.1 Å². The first-order chi connectivity index (χ1) is 14.0. The summed E-state index contributed by atoms with van der Waals surface area (Å²) in [7, 11) is 0. The molecule has 1 aliphatic rings. The number of nitrogens with one attached hydrogen (secondary N) is 1. The van der Waals surface area contributed by atoms with Gasteiger partial charge in [-0.05, 0) is 20.8 Å². The van der Waals surface area contributed by atoms with Crippen LogP contribution < -0.4 is 0 Å². The molecule has 29 heavy (non-hydrogen) atoms. The Bertz CT molecular complexity index is 986. The normalized spacial score (nSPS) is 16.4. The Kier molecular flexibility index (Phi) is 5.58. The fraction of sp³-hybridized carbons (Fsp3) is 0.250. The van der Waals surface area contributed by atoms with Gasteiger partial charge in [0.05, 0.1) is 11.4 Å². The van der Waals surface area contributed by atoms with Gasteiger partial charge in [0, 0.05) is 29.4 Å². The van der Waals surface area contributed by atoms with Crippen LogP contribution in [0.1, 0.15) is 24.5 Å². The van der Waals surface area contributed by atoms with Gasteiger partial charge in [0.25, 0.3) is 0 Å². The highest BCUT2D eigenvalue weighted by molar-refractivity contribution is 7.99. The van der Waals surface area contributed by atoms with Crippen molar-refractivity contribution in [3.63, 3.8) is 0 Å². The number of hydrogen-bond donors (Lipinski definition) is 1. The van der Waals surface area contributed by atoms with Gasteiger partial charge in [-0.3, -0.25) is 0 Å². The number of ether oxygens (including phenoxy) is 1. The molecule has 0 saturated carbocycles. The number of aromatic amines is 1. The van der Waals surface area contributed by atoms with E-state index >= 15 is 0 Å². The van der Waals surface area contributed by atoms with Crippen LogP contribution in [0.5, 0.6) is 0 Å². The number of esters is 1. The first-order valence-corrected chi connectivity index (χ1v) is 10.7. The molecule has 0 spiro atoms. The molecule has 1 atom stereocenters. The van der Waals surface area contributed by atoms with Gasteiger partial charge in [0.15, 0.2) is 5.16 Å². The minimum absolute atomic E-state index is 0.117. The van der Waals surface area contributed by atoms with Crippen LogP contribution in [-0.4, -0.2) is 27.8 Å². The first-order valence-electron chi connectivity index (χ1n) is 9.72. The van der Waals surface area contributed by atoms with Crippen LogP contribution in [0.4, 0.5) is 0 Å². The quantitative estimate of drug-likeness (QED) is 0.437. The summed E-state index contributed by atoms with van der Waals surface area (Å²) in [5.74, 6) is 0.421. The number of imidazole rings is 1. The maximum Gasteiger partial charge on any atom is 0.331 e. The minimum atomic E-state index is -0.250. The van der Waals surface area contributed by atoms with Crippen LogP contribution in [0, 0.1) is 13.8 Å². The van der Waals surface area contributed by atoms with Crippen LogP contribution in [0.2, 0.25) is 0 Å². The summed E-state index contributed by atoms with van der Waals surface area (Å²) in [4.78, 5) is 20.0. The maximum absolute atomic E-state index is 11.6. The van der Waals surface area contributed by atoms with Gasteiger partial charge in [-0.25, -0.2) is 9.78 Å². The summed E-state index contributed by atoms with van der Waals surface area (Å²) in [6.45, 7) is 6.13. The SMILES string of the molecule is CC1=CC(=O)O[C@@H](CSc2nc(-c3ccc(C)cc3)c(-c3ccc(C)cc3)[nH]2)C1. The number of nitrogens with zero attached hydrogens (tertiary/aromatic N) is 1. The Labute approximate surface area is 175 Å². The summed E-state index contributed by atoms with van der Waals surface area (Å²) in [6, 6.07) is 16.9. The lowest BCUT2D eigenvalue weighted by Crippen LogP contribution is -2.24. The Hall–Kier alpha value is -2.79. The second-order valence-electron chi connectivity index (χ2n) is 7.56. The minimum Gasteiger partial charge on any atom is -0.458 e. The number of rotatable bonds is 5. The number of carbonyl (C=O) groups excluding carboxylic acids is 1. The molecule has 148 valence electrons. The largest absolute Gasteiger partial charge is 0.458 e. The van der Waals surface area contributed by atoms with E-state index in [9.17, 15) is 4.79 Å². The van der Waals surface area contributed by atoms with Crippen LogP contribution in [0.3, 0.4) is 0 Å². The van der Waals surface area contributed by atoms with Crippen molar-refractivity contribution in [2.75, 3.05) is 5.75 Å². The molecule has 0 saturated heterocycles. The smallest absolute Gasteiger partial charge is 0.331 e. The maximum atomic E-state index is 11.6. The van der Waals surface area contributed by atoms with E-state index in [2.05, 4.69) is 67.4 Å². The van der Waals surface area contributed by atoms with Gasteiger partial charge >= 0.3 is 5.97 Å². The molecule has 5 heteroatoms. The van der Waals surface area contributed by atoms with E-state index < -0.39 is 0 Å². The second-order valence-corrected chi connectivity index (χ2v) is 8.57. The average Bonchev–Trinajstić information content (AvgIpc) is 3.11. The lowest BCUT2D eigenvalue weighted by atomic mass is 10.0. The van der Waals surface area contributed by atoms with E-state index in [0.29, 0.717) is 5.75 Å². The number of H-pyrrole nitrogens is 1. The standard InChI is InChI=1S/C24H24N2O2S/c1-15-4-8-18(9-5-15)22-23(19-10-6-16(2)7-11-19)26-24(25-22)29-14-20-12-17(3)13-21(27)28-20/h4-11,13,20H,12,14H2,1-3H3,(H,25,26)/t20-/m1/s1. The van der Waals surface area contributed by atoms with Gasteiger partial charge in [0.1, 0.15) is 6.10 Å². The molecule has 4 nitrogen and oxygen atoms in total. The number of aromatic nitrogens is 2. The molecular weight excluding hydrogens is 380 g/mol. The molecule has 3 aromatic rings. The number of hydrogen-bond acceptors (Lipinski definition) is 4. The molecule has 0 amide bonds. The summed E-state index contributed by atoms with van der Waals surface area (Å²) in [5, 5.41) is 0.833. The number of cyclic esters (lactones) is 1.